The van der Waals surface area contributed by atoms with Crippen LogP contribution >= 0.6 is 11.6 Å². The van der Waals surface area contributed by atoms with Gasteiger partial charge in [-0.05, 0) is 29.9 Å². The van der Waals surface area contributed by atoms with Crippen molar-refractivity contribution in [2.75, 3.05) is 17.1 Å². The Labute approximate surface area is 126 Å². The molecule has 0 radical (unpaired) electrons. The Bertz CT molecular complexity index is 562. The molecule has 0 aromatic heterocycles. The standard InChI is InChI=1S/C14H21ClN2O2S/c1-11(8-15)7-12(2)9-17-10-13-5-3-4-6-14(13)16-20(17,18)19/h3-6,11-12,16H,7-10H2,1-2H3. The fourth-order valence-electron chi connectivity index (χ4n) is 2.57. The number of anilines is 1. The summed E-state index contributed by atoms with van der Waals surface area (Å²) in [6, 6.07) is 7.51. The monoisotopic (exact) mass is 316 g/mol. The molecule has 6 heteroatoms. The molecule has 0 fully saturated rings. The summed E-state index contributed by atoms with van der Waals surface area (Å²) in [5.41, 5.74) is 1.70. The minimum Gasteiger partial charge on any atom is -0.271 e. The number of para-hydroxylation sites is 1. The summed E-state index contributed by atoms with van der Waals surface area (Å²) >= 11 is 5.82. The van der Waals surface area contributed by atoms with Gasteiger partial charge in [0.2, 0.25) is 0 Å². The van der Waals surface area contributed by atoms with Gasteiger partial charge in [0.1, 0.15) is 0 Å². The highest BCUT2D eigenvalue weighted by Crippen LogP contribution is 2.27. The quantitative estimate of drug-likeness (QED) is 0.849. The van der Waals surface area contributed by atoms with Gasteiger partial charge in [0.25, 0.3) is 0 Å². The van der Waals surface area contributed by atoms with Gasteiger partial charge < -0.3 is 0 Å². The molecule has 0 saturated carbocycles. The minimum absolute atomic E-state index is 0.283. The van der Waals surface area contributed by atoms with E-state index in [1.54, 1.807) is 6.07 Å². The number of nitrogens with zero attached hydrogens (tertiary/aromatic N) is 1. The average Bonchev–Trinajstić information content (AvgIpc) is 2.38. The van der Waals surface area contributed by atoms with Crippen molar-refractivity contribution in [3.05, 3.63) is 29.8 Å². The van der Waals surface area contributed by atoms with E-state index in [0.29, 0.717) is 30.6 Å². The Kier molecular flexibility index (Phi) is 4.94. The Morgan fingerprint density at radius 2 is 2.00 bits per heavy atom. The van der Waals surface area contributed by atoms with Gasteiger partial charge in [0.15, 0.2) is 0 Å². The molecular formula is C14H21ClN2O2S. The fraction of sp³-hybridized carbons (Fsp3) is 0.571. The number of benzene rings is 1. The average molecular weight is 317 g/mol. The third kappa shape index (κ3) is 3.65. The van der Waals surface area contributed by atoms with Crippen molar-refractivity contribution in [3.63, 3.8) is 0 Å². The highest BCUT2D eigenvalue weighted by atomic mass is 35.5. The molecule has 112 valence electrons. The number of hydrogen-bond acceptors (Lipinski definition) is 2. The topological polar surface area (TPSA) is 49.4 Å². The van der Waals surface area contributed by atoms with Gasteiger partial charge in [-0.1, -0.05) is 32.0 Å². The number of alkyl halides is 1. The van der Waals surface area contributed by atoms with Crippen LogP contribution in [0.1, 0.15) is 25.8 Å². The number of rotatable bonds is 5. The second kappa shape index (κ2) is 6.33. The van der Waals surface area contributed by atoms with Gasteiger partial charge in [-0.25, -0.2) is 0 Å². The molecule has 0 aliphatic carbocycles. The van der Waals surface area contributed by atoms with E-state index in [0.717, 1.165) is 12.0 Å². The summed E-state index contributed by atoms with van der Waals surface area (Å²) < 4.78 is 28.6. The molecule has 1 aromatic carbocycles. The summed E-state index contributed by atoms with van der Waals surface area (Å²) in [5, 5.41) is 0. The lowest BCUT2D eigenvalue weighted by molar-refractivity contribution is 0.317. The van der Waals surface area contributed by atoms with Gasteiger partial charge in [0, 0.05) is 19.0 Å². The van der Waals surface area contributed by atoms with Crippen LogP contribution < -0.4 is 4.72 Å². The van der Waals surface area contributed by atoms with Crippen LogP contribution in [-0.2, 0) is 16.8 Å². The van der Waals surface area contributed by atoms with E-state index >= 15 is 0 Å². The van der Waals surface area contributed by atoms with Crippen LogP contribution in [0.5, 0.6) is 0 Å². The maximum absolute atomic E-state index is 12.2. The molecule has 2 atom stereocenters. The lowest BCUT2D eigenvalue weighted by Gasteiger charge is -2.31. The van der Waals surface area contributed by atoms with Gasteiger partial charge >= 0.3 is 10.2 Å². The summed E-state index contributed by atoms with van der Waals surface area (Å²) in [6.07, 6.45) is 0.928. The van der Waals surface area contributed by atoms with Crippen LogP contribution in [0.4, 0.5) is 5.69 Å². The Morgan fingerprint density at radius 3 is 2.70 bits per heavy atom. The van der Waals surface area contributed by atoms with Crippen molar-refractivity contribution in [1.82, 2.24) is 4.31 Å². The van der Waals surface area contributed by atoms with Crippen LogP contribution in [0.3, 0.4) is 0 Å². The van der Waals surface area contributed by atoms with Gasteiger partial charge in [-0.15, -0.1) is 11.6 Å². The number of nitrogens with one attached hydrogen (secondary N) is 1. The molecule has 1 aliphatic heterocycles. The molecule has 2 unspecified atom stereocenters. The molecule has 2 rings (SSSR count). The van der Waals surface area contributed by atoms with Gasteiger partial charge in [-0.2, -0.15) is 12.7 Å². The molecule has 0 saturated heterocycles. The van der Waals surface area contributed by atoms with E-state index < -0.39 is 10.2 Å². The number of fused-ring (bicyclic) bond motifs is 1. The van der Waals surface area contributed by atoms with Crippen LogP contribution in [-0.4, -0.2) is 25.1 Å². The van der Waals surface area contributed by atoms with E-state index in [1.807, 2.05) is 18.2 Å². The van der Waals surface area contributed by atoms with E-state index in [4.69, 9.17) is 11.6 Å². The van der Waals surface area contributed by atoms with Gasteiger partial charge in [0.05, 0.1) is 5.69 Å². The fourth-order valence-corrected chi connectivity index (χ4v) is 4.06. The minimum atomic E-state index is -3.42. The molecular weight excluding hydrogens is 296 g/mol. The molecule has 1 aliphatic rings. The third-order valence-electron chi connectivity index (χ3n) is 3.53. The summed E-state index contributed by atoms with van der Waals surface area (Å²) in [5.74, 6) is 1.29. The van der Waals surface area contributed by atoms with Crippen LogP contribution in [0.2, 0.25) is 0 Å². The zero-order valence-electron chi connectivity index (χ0n) is 11.8. The van der Waals surface area contributed by atoms with E-state index in [9.17, 15) is 8.42 Å². The molecule has 20 heavy (non-hydrogen) atoms. The van der Waals surface area contributed by atoms with Crippen molar-refractivity contribution in [1.29, 1.82) is 0 Å². The van der Waals surface area contributed by atoms with Crippen molar-refractivity contribution < 1.29 is 8.42 Å². The second-order valence-electron chi connectivity index (χ2n) is 5.66. The number of hydrogen-bond donors (Lipinski definition) is 1. The maximum atomic E-state index is 12.2. The first kappa shape index (κ1) is 15.6. The largest absolute Gasteiger partial charge is 0.301 e. The first-order chi connectivity index (χ1) is 9.42. The van der Waals surface area contributed by atoms with Crippen LogP contribution in [0.25, 0.3) is 0 Å². The summed E-state index contributed by atoms with van der Waals surface area (Å²) in [4.78, 5) is 0. The molecule has 0 bridgehead atoms. The van der Waals surface area contributed by atoms with Crippen molar-refractivity contribution in [2.45, 2.75) is 26.8 Å². The molecule has 1 heterocycles. The lowest BCUT2D eigenvalue weighted by Crippen LogP contribution is -2.41. The van der Waals surface area contributed by atoms with E-state index in [-0.39, 0.29) is 5.92 Å². The van der Waals surface area contributed by atoms with E-state index in [2.05, 4.69) is 18.6 Å². The van der Waals surface area contributed by atoms with Crippen LogP contribution in [0, 0.1) is 11.8 Å². The molecule has 0 spiro atoms. The predicted molar refractivity (Wildman–Crippen MR) is 83.1 cm³/mol. The third-order valence-corrected chi connectivity index (χ3v) is 5.49. The number of halogens is 1. The van der Waals surface area contributed by atoms with Crippen molar-refractivity contribution in [2.24, 2.45) is 11.8 Å². The highest BCUT2D eigenvalue weighted by molar-refractivity contribution is 7.90. The molecule has 4 nitrogen and oxygen atoms in total. The van der Waals surface area contributed by atoms with Gasteiger partial charge in [-0.3, -0.25) is 4.72 Å². The molecule has 1 aromatic rings. The Hall–Kier alpha value is -0.780. The normalized spacial score (nSPS) is 20.8. The SMILES string of the molecule is CC(CCl)CC(C)CN1Cc2ccccc2NS1(=O)=O. The summed E-state index contributed by atoms with van der Waals surface area (Å²) in [6.45, 7) is 5.11. The Balaban J connectivity index is 2.09. The second-order valence-corrected chi connectivity index (χ2v) is 7.64. The van der Waals surface area contributed by atoms with Crippen LogP contribution in [0.15, 0.2) is 24.3 Å². The zero-order chi connectivity index (χ0) is 14.8. The van der Waals surface area contributed by atoms with E-state index in [1.165, 1.54) is 4.31 Å². The summed E-state index contributed by atoms with van der Waals surface area (Å²) in [7, 11) is -3.42. The van der Waals surface area contributed by atoms with Crippen molar-refractivity contribution >= 4 is 27.5 Å². The molecule has 0 amide bonds. The smallest absolute Gasteiger partial charge is 0.271 e. The highest BCUT2D eigenvalue weighted by Gasteiger charge is 2.29. The Morgan fingerprint density at radius 1 is 1.30 bits per heavy atom. The maximum Gasteiger partial charge on any atom is 0.301 e. The predicted octanol–water partition coefficient (Wildman–Crippen LogP) is 3.06. The lowest BCUT2D eigenvalue weighted by atomic mass is 9.98. The molecule has 1 N–H and O–H groups in total. The first-order valence-corrected chi connectivity index (χ1v) is 8.81. The zero-order valence-corrected chi connectivity index (χ0v) is 13.4. The van der Waals surface area contributed by atoms with Crippen molar-refractivity contribution in [3.8, 4) is 0 Å². The first-order valence-electron chi connectivity index (χ1n) is 6.84.